The summed E-state index contributed by atoms with van der Waals surface area (Å²) in [5, 5.41) is 9.46. The Morgan fingerprint density at radius 2 is 1.78 bits per heavy atom. The molecule has 1 saturated heterocycles. The lowest BCUT2D eigenvalue weighted by molar-refractivity contribution is 0.00578. The van der Waals surface area contributed by atoms with Crippen LogP contribution in [0.2, 0.25) is 0 Å². The third-order valence-electron chi connectivity index (χ3n) is 4.49. The van der Waals surface area contributed by atoms with Crippen molar-refractivity contribution in [1.29, 1.82) is 0 Å². The minimum Gasteiger partial charge on any atom is -0.465 e. The van der Waals surface area contributed by atoms with Gasteiger partial charge in [-0.3, -0.25) is 4.90 Å². The van der Waals surface area contributed by atoms with Gasteiger partial charge in [0.2, 0.25) is 0 Å². The molecular weight excluding hydrogens is 293 g/mol. The van der Waals surface area contributed by atoms with Crippen LogP contribution in [0.25, 0.3) is 0 Å². The molecule has 1 fully saturated rings. The van der Waals surface area contributed by atoms with Crippen molar-refractivity contribution in [3.63, 3.8) is 0 Å². The van der Waals surface area contributed by atoms with Gasteiger partial charge >= 0.3 is 13.2 Å². The molecule has 0 bridgehead atoms. The molecule has 23 heavy (non-hydrogen) atoms. The van der Waals surface area contributed by atoms with Gasteiger partial charge in [0.15, 0.2) is 0 Å². The number of amides is 1. The molecule has 126 valence electrons. The zero-order valence-electron chi connectivity index (χ0n) is 14.8. The van der Waals surface area contributed by atoms with Crippen LogP contribution in [0, 0.1) is 5.92 Å². The van der Waals surface area contributed by atoms with E-state index in [1.54, 1.807) is 6.07 Å². The van der Waals surface area contributed by atoms with Crippen LogP contribution in [-0.4, -0.2) is 36.1 Å². The van der Waals surface area contributed by atoms with E-state index in [1.165, 1.54) is 4.90 Å². The topological polar surface area (TPSA) is 59.0 Å². The Bertz CT molecular complexity index is 570. The molecule has 1 aromatic carbocycles. The van der Waals surface area contributed by atoms with Gasteiger partial charge in [-0.05, 0) is 51.2 Å². The summed E-state index contributed by atoms with van der Waals surface area (Å²) >= 11 is 0. The van der Waals surface area contributed by atoms with Crippen molar-refractivity contribution in [2.75, 3.05) is 11.4 Å². The molecule has 5 nitrogen and oxygen atoms in total. The van der Waals surface area contributed by atoms with Gasteiger partial charge < -0.3 is 14.4 Å². The fourth-order valence-corrected chi connectivity index (χ4v) is 2.48. The van der Waals surface area contributed by atoms with Gasteiger partial charge in [0.05, 0.1) is 11.2 Å². The maximum Gasteiger partial charge on any atom is 0.494 e. The number of hydrogen-bond acceptors (Lipinski definition) is 3. The third kappa shape index (κ3) is 3.70. The van der Waals surface area contributed by atoms with E-state index in [4.69, 9.17) is 9.31 Å². The molecule has 1 aromatic rings. The number of anilines is 1. The Kier molecular flexibility index (Phi) is 4.78. The predicted molar refractivity (Wildman–Crippen MR) is 92.4 cm³/mol. The summed E-state index contributed by atoms with van der Waals surface area (Å²) in [7, 11) is -0.491. The molecule has 0 spiro atoms. The van der Waals surface area contributed by atoms with Crippen LogP contribution in [0.1, 0.15) is 41.5 Å². The van der Waals surface area contributed by atoms with Crippen molar-refractivity contribution in [3.05, 3.63) is 24.3 Å². The molecule has 1 amide bonds. The molecule has 0 aliphatic carbocycles. The van der Waals surface area contributed by atoms with Crippen molar-refractivity contribution in [2.24, 2.45) is 5.92 Å². The summed E-state index contributed by atoms with van der Waals surface area (Å²) in [6, 6.07) is 7.37. The summed E-state index contributed by atoms with van der Waals surface area (Å²) in [5.74, 6) is 0.242. The Balaban J connectivity index is 2.28. The normalized spacial score (nSPS) is 19.2. The maximum absolute atomic E-state index is 11.5. The van der Waals surface area contributed by atoms with Gasteiger partial charge in [-0.2, -0.15) is 0 Å². The minimum absolute atomic E-state index is 0.242. The van der Waals surface area contributed by atoms with E-state index in [-0.39, 0.29) is 5.92 Å². The molecule has 1 aliphatic rings. The van der Waals surface area contributed by atoms with E-state index in [0.29, 0.717) is 12.2 Å². The van der Waals surface area contributed by atoms with Crippen molar-refractivity contribution in [3.8, 4) is 0 Å². The van der Waals surface area contributed by atoms with Gasteiger partial charge in [0.1, 0.15) is 0 Å². The zero-order chi connectivity index (χ0) is 17.4. The van der Waals surface area contributed by atoms with Crippen LogP contribution in [0.3, 0.4) is 0 Å². The van der Waals surface area contributed by atoms with Gasteiger partial charge in [-0.25, -0.2) is 4.79 Å². The van der Waals surface area contributed by atoms with Crippen LogP contribution in [0.5, 0.6) is 0 Å². The molecular formula is C17H26BNO4. The van der Waals surface area contributed by atoms with E-state index in [0.717, 1.165) is 5.46 Å². The van der Waals surface area contributed by atoms with E-state index >= 15 is 0 Å². The average Bonchev–Trinajstić information content (AvgIpc) is 2.64. The number of carboxylic acid groups (broad SMARTS) is 1. The Hall–Kier alpha value is -1.53. The van der Waals surface area contributed by atoms with Gasteiger partial charge in [-0.15, -0.1) is 0 Å². The van der Waals surface area contributed by atoms with Crippen molar-refractivity contribution in [1.82, 2.24) is 0 Å². The fraction of sp³-hybridized carbons (Fsp3) is 0.588. The Morgan fingerprint density at radius 3 is 2.26 bits per heavy atom. The van der Waals surface area contributed by atoms with E-state index < -0.39 is 24.4 Å². The molecule has 0 aromatic heterocycles. The first-order chi connectivity index (χ1) is 10.5. The standard InChI is InChI=1S/C17H26BNO4/c1-12(2)11-19(15(20)21)14-9-7-8-13(10-14)18-22-16(3,4)17(5,6)23-18/h7-10,12H,11H2,1-6H3,(H,20,21). The Labute approximate surface area is 138 Å². The second kappa shape index (κ2) is 6.17. The Morgan fingerprint density at radius 1 is 1.22 bits per heavy atom. The molecule has 0 atom stereocenters. The number of nitrogens with zero attached hydrogens (tertiary/aromatic N) is 1. The van der Waals surface area contributed by atoms with Crippen LogP contribution in [0.15, 0.2) is 24.3 Å². The lowest BCUT2D eigenvalue weighted by Gasteiger charge is -2.32. The fourth-order valence-electron chi connectivity index (χ4n) is 2.48. The maximum atomic E-state index is 11.5. The second-order valence-corrected chi connectivity index (χ2v) is 7.47. The largest absolute Gasteiger partial charge is 0.494 e. The highest BCUT2D eigenvalue weighted by Gasteiger charge is 2.51. The first kappa shape index (κ1) is 17.8. The molecule has 6 heteroatoms. The number of rotatable bonds is 4. The smallest absolute Gasteiger partial charge is 0.465 e. The second-order valence-electron chi connectivity index (χ2n) is 7.47. The highest BCUT2D eigenvalue weighted by atomic mass is 16.7. The molecule has 1 aliphatic heterocycles. The van der Waals surface area contributed by atoms with Crippen molar-refractivity contribution < 1.29 is 19.2 Å². The van der Waals surface area contributed by atoms with Crippen molar-refractivity contribution >= 4 is 24.4 Å². The average molecular weight is 319 g/mol. The number of hydrogen-bond donors (Lipinski definition) is 1. The monoisotopic (exact) mass is 319 g/mol. The van der Waals surface area contributed by atoms with Crippen LogP contribution in [-0.2, 0) is 9.31 Å². The highest BCUT2D eigenvalue weighted by Crippen LogP contribution is 2.36. The number of carbonyl (C=O) groups is 1. The summed E-state index contributed by atoms with van der Waals surface area (Å²) in [4.78, 5) is 12.9. The molecule has 0 unspecified atom stereocenters. The summed E-state index contributed by atoms with van der Waals surface area (Å²) in [5.41, 5.74) is 0.630. The molecule has 0 saturated carbocycles. The minimum atomic E-state index is -0.954. The number of benzene rings is 1. The first-order valence-electron chi connectivity index (χ1n) is 7.99. The summed E-state index contributed by atoms with van der Waals surface area (Å²) in [6.07, 6.45) is -0.954. The SMILES string of the molecule is CC(C)CN(C(=O)O)c1cccc(B2OC(C)(C)C(C)(C)O2)c1. The van der Waals surface area contributed by atoms with E-state index in [2.05, 4.69) is 0 Å². The summed E-state index contributed by atoms with van der Waals surface area (Å²) < 4.78 is 12.1. The van der Waals surface area contributed by atoms with Crippen molar-refractivity contribution in [2.45, 2.75) is 52.7 Å². The summed E-state index contributed by atoms with van der Waals surface area (Å²) in [6.45, 7) is 12.4. The van der Waals surface area contributed by atoms with Crippen LogP contribution in [0.4, 0.5) is 10.5 Å². The zero-order valence-corrected chi connectivity index (χ0v) is 14.8. The van der Waals surface area contributed by atoms with E-state index in [9.17, 15) is 9.90 Å². The molecule has 0 radical (unpaired) electrons. The quantitative estimate of drug-likeness (QED) is 0.866. The lowest BCUT2D eigenvalue weighted by atomic mass is 9.79. The highest BCUT2D eigenvalue weighted by molar-refractivity contribution is 6.62. The van der Waals surface area contributed by atoms with Crippen LogP contribution >= 0.6 is 0 Å². The van der Waals surface area contributed by atoms with Crippen LogP contribution < -0.4 is 10.4 Å². The lowest BCUT2D eigenvalue weighted by Crippen LogP contribution is -2.41. The van der Waals surface area contributed by atoms with E-state index in [1.807, 2.05) is 59.7 Å². The third-order valence-corrected chi connectivity index (χ3v) is 4.49. The van der Waals surface area contributed by atoms with Gasteiger partial charge in [0, 0.05) is 12.2 Å². The molecule has 1 heterocycles. The predicted octanol–water partition coefficient (Wildman–Crippen LogP) is 3.13. The first-order valence-corrected chi connectivity index (χ1v) is 7.99. The van der Waals surface area contributed by atoms with Gasteiger partial charge in [-0.1, -0.05) is 26.0 Å². The van der Waals surface area contributed by atoms with Gasteiger partial charge in [0.25, 0.3) is 0 Å². The molecule has 2 rings (SSSR count). The molecule has 1 N–H and O–H groups in total.